The highest BCUT2D eigenvalue weighted by Crippen LogP contribution is 2.12. The number of hydrogen-bond donors (Lipinski definition) is 1. The normalized spacial score (nSPS) is 19.7. The number of nitrogens with one attached hydrogen (secondary N) is 1. The molecule has 0 amide bonds. The highest BCUT2D eigenvalue weighted by molar-refractivity contribution is 7.92. The molecule has 4 nitrogen and oxygen atoms in total. The van der Waals surface area contributed by atoms with E-state index < -0.39 is 9.84 Å². The fourth-order valence-electron chi connectivity index (χ4n) is 2.47. The molecule has 0 bridgehead atoms. The summed E-state index contributed by atoms with van der Waals surface area (Å²) in [5, 5.41) is 3.33. The Labute approximate surface area is 120 Å². The molecule has 1 aliphatic heterocycles. The lowest BCUT2D eigenvalue weighted by Crippen LogP contribution is -2.35. The van der Waals surface area contributed by atoms with E-state index >= 15 is 0 Å². The second-order valence-electron chi connectivity index (χ2n) is 5.32. The van der Waals surface area contributed by atoms with Crippen LogP contribution in [-0.2, 0) is 9.84 Å². The first-order valence-corrected chi connectivity index (χ1v) is 8.91. The molecule has 1 saturated heterocycles. The van der Waals surface area contributed by atoms with Crippen LogP contribution in [0.15, 0.2) is 30.3 Å². The molecule has 2 rings (SSSR count). The quantitative estimate of drug-likeness (QED) is 0.813. The molecule has 1 N–H and O–H groups in total. The molecule has 1 aromatic rings. The predicted octanol–water partition coefficient (Wildman–Crippen LogP) is 1.82. The minimum Gasteiger partial charge on any atom is -0.314 e. The third kappa shape index (κ3) is 4.72. The average Bonchev–Trinajstić information content (AvgIpc) is 2.47. The van der Waals surface area contributed by atoms with Crippen molar-refractivity contribution in [2.45, 2.75) is 31.7 Å². The summed E-state index contributed by atoms with van der Waals surface area (Å²) in [7, 11) is -3.32. The molecule has 1 atom stereocenters. The van der Waals surface area contributed by atoms with Crippen molar-refractivity contribution in [2.24, 2.45) is 0 Å². The topological polar surface area (TPSA) is 63.2 Å². The number of ketones is 1. The molecule has 5 heteroatoms. The summed E-state index contributed by atoms with van der Waals surface area (Å²) in [5.41, 5.74) is 0.465. The highest BCUT2D eigenvalue weighted by atomic mass is 32.2. The molecule has 1 fully saturated rings. The van der Waals surface area contributed by atoms with Crippen molar-refractivity contribution in [1.29, 1.82) is 0 Å². The second-order valence-corrected chi connectivity index (χ2v) is 7.50. The first-order valence-electron chi connectivity index (χ1n) is 7.09. The minimum atomic E-state index is -3.32. The Bertz CT molecular complexity index is 533. The van der Waals surface area contributed by atoms with Gasteiger partial charge in [0.2, 0.25) is 0 Å². The van der Waals surface area contributed by atoms with Gasteiger partial charge in [0.25, 0.3) is 0 Å². The number of rotatable bonds is 6. The Balaban J connectivity index is 1.85. The highest BCUT2D eigenvalue weighted by Gasteiger charge is 2.20. The van der Waals surface area contributed by atoms with Crippen LogP contribution in [0.25, 0.3) is 0 Å². The zero-order valence-corrected chi connectivity index (χ0v) is 12.4. The maximum atomic E-state index is 12.0. The van der Waals surface area contributed by atoms with Gasteiger partial charge in [0.15, 0.2) is 15.6 Å². The van der Waals surface area contributed by atoms with Crippen molar-refractivity contribution in [3.63, 3.8) is 0 Å². The molecule has 1 aromatic carbocycles. The lowest BCUT2D eigenvalue weighted by atomic mass is 10.0. The van der Waals surface area contributed by atoms with E-state index in [1.54, 1.807) is 30.3 Å². The predicted molar refractivity (Wildman–Crippen MR) is 79.7 cm³/mol. The standard InChI is InChI=1S/C15H21NO3S/c17-15(13-6-2-1-3-7-13)12-20(18,19)11-9-14-8-4-5-10-16-14/h1-3,6-7,14,16H,4-5,8-12H2. The molecule has 1 unspecified atom stereocenters. The van der Waals surface area contributed by atoms with Crippen LogP contribution in [0.3, 0.4) is 0 Å². The molecular formula is C15H21NO3S. The summed E-state index contributed by atoms with van der Waals surface area (Å²) in [6, 6.07) is 8.88. The Kier molecular flexibility index (Phi) is 5.31. The van der Waals surface area contributed by atoms with Crippen molar-refractivity contribution < 1.29 is 13.2 Å². The number of hydrogen-bond acceptors (Lipinski definition) is 4. The number of carbonyl (C=O) groups excluding carboxylic acids is 1. The van der Waals surface area contributed by atoms with E-state index in [4.69, 9.17) is 0 Å². The smallest absolute Gasteiger partial charge is 0.177 e. The van der Waals surface area contributed by atoms with Gasteiger partial charge in [-0.2, -0.15) is 0 Å². The number of piperidine rings is 1. The summed E-state index contributed by atoms with van der Waals surface area (Å²) >= 11 is 0. The van der Waals surface area contributed by atoms with Gasteiger partial charge in [-0.05, 0) is 25.8 Å². The zero-order chi connectivity index (χ0) is 14.4. The van der Waals surface area contributed by atoms with Crippen molar-refractivity contribution in [3.05, 3.63) is 35.9 Å². The van der Waals surface area contributed by atoms with Crippen LogP contribution in [0.5, 0.6) is 0 Å². The van der Waals surface area contributed by atoms with Gasteiger partial charge < -0.3 is 5.32 Å². The Morgan fingerprint density at radius 3 is 2.60 bits per heavy atom. The van der Waals surface area contributed by atoms with E-state index in [9.17, 15) is 13.2 Å². The number of carbonyl (C=O) groups is 1. The fourth-order valence-corrected chi connectivity index (χ4v) is 3.83. The Hall–Kier alpha value is -1.20. The maximum Gasteiger partial charge on any atom is 0.177 e. The molecule has 110 valence electrons. The maximum absolute atomic E-state index is 12.0. The summed E-state index contributed by atoms with van der Waals surface area (Å²) in [5.74, 6) is -0.616. The SMILES string of the molecule is O=C(CS(=O)(=O)CCC1CCCCN1)c1ccccc1. The van der Waals surface area contributed by atoms with E-state index in [-0.39, 0.29) is 23.3 Å². The van der Waals surface area contributed by atoms with Crippen LogP contribution < -0.4 is 5.32 Å². The van der Waals surface area contributed by atoms with E-state index in [1.165, 1.54) is 0 Å². The van der Waals surface area contributed by atoms with Crippen molar-refractivity contribution in [1.82, 2.24) is 5.32 Å². The van der Waals surface area contributed by atoms with Gasteiger partial charge in [0, 0.05) is 11.6 Å². The Morgan fingerprint density at radius 1 is 1.20 bits per heavy atom. The van der Waals surface area contributed by atoms with Crippen LogP contribution in [0.4, 0.5) is 0 Å². The van der Waals surface area contributed by atoms with Crippen molar-refractivity contribution >= 4 is 15.6 Å². The van der Waals surface area contributed by atoms with Gasteiger partial charge in [-0.15, -0.1) is 0 Å². The number of sulfone groups is 1. The molecular weight excluding hydrogens is 274 g/mol. The van der Waals surface area contributed by atoms with E-state index in [0.29, 0.717) is 12.0 Å². The zero-order valence-electron chi connectivity index (χ0n) is 11.5. The molecule has 0 saturated carbocycles. The molecule has 0 radical (unpaired) electrons. The monoisotopic (exact) mass is 295 g/mol. The molecule has 0 aliphatic carbocycles. The van der Waals surface area contributed by atoms with Crippen molar-refractivity contribution in [3.8, 4) is 0 Å². The van der Waals surface area contributed by atoms with Crippen molar-refractivity contribution in [2.75, 3.05) is 18.1 Å². The van der Waals surface area contributed by atoms with Gasteiger partial charge in [-0.1, -0.05) is 36.8 Å². The van der Waals surface area contributed by atoms with Gasteiger partial charge in [-0.3, -0.25) is 4.79 Å². The van der Waals surface area contributed by atoms with E-state index in [2.05, 4.69) is 5.32 Å². The minimum absolute atomic E-state index is 0.0865. The van der Waals surface area contributed by atoms with E-state index in [0.717, 1.165) is 25.8 Å². The lowest BCUT2D eigenvalue weighted by Gasteiger charge is -2.23. The first kappa shape index (κ1) is 15.2. The lowest BCUT2D eigenvalue weighted by molar-refractivity contribution is 0.102. The van der Waals surface area contributed by atoms with Gasteiger partial charge >= 0.3 is 0 Å². The first-order chi connectivity index (χ1) is 9.57. The van der Waals surface area contributed by atoms with E-state index in [1.807, 2.05) is 0 Å². The summed E-state index contributed by atoms with van der Waals surface area (Å²) < 4.78 is 24.0. The molecule has 1 heterocycles. The third-order valence-corrected chi connectivity index (χ3v) is 5.20. The van der Waals surface area contributed by atoms with Crippen LogP contribution in [-0.4, -0.2) is 38.3 Å². The molecule has 1 aliphatic rings. The van der Waals surface area contributed by atoms with Crippen LogP contribution >= 0.6 is 0 Å². The van der Waals surface area contributed by atoms with Crippen LogP contribution in [0.1, 0.15) is 36.0 Å². The van der Waals surface area contributed by atoms with Gasteiger partial charge in [0.1, 0.15) is 5.75 Å². The second kappa shape index (κ2) is 6.99. The number of Topliss-reactive ketones (excluding diaryl/α,β-unsaturated/α-hetero) is 1. The summed E-state index contributed by atoms with van der Waals surface area (Å²) in [4.78, 5) is 11.9. The third-order valence-electron chi connectivity index (χ3n) is 3.64. The Morgan fingerprint density at radius 2 is 1.95 bits per heavy atom. The summed E-state index contributed by atoms with van der Waals surface area (Å²) in [6.07, 6.45) is 3.95. The average molecular weight is 295 g/mol. The largest absolute Gasteiger partial charge is 0.314 e. The van der Waals surface area contributed by atoms with Crippen LogP contribution in [0, 0.1) is 0 Å². The van der Waals surface area contributed by atoms with Crippen LogP contribution in [0.2, 0.25) is 0 Å². The number of benzene rings is 1. The molecule has 0 aromatic heterocycles. The van der Waals surface area contributed by atoms with Gasteiger partial charge in [-0.25, -0.2) is 8.42 Å². The fraction of sp³-hybridized carbons (Fsp3) is 0.533. The summed E-state index contributed by atoms with van der Waals surface area (Å²) in [6.45, 7) is 0.966. The molecule has 0 spiro atoms. The van der Waals surface area contributed by atoms with Gasteiger partial charge in [0.05, 0.1) is 5.75 Å². The molecule has 20 heavy (non-hydrogen) atoms.